The lowest BCUT2D eigenvalue weighted by atomic mass is 10.1. The SMILES string of the molecule is Cc1nnc(NC(=O)CN2CCN(c3cccc(C)c3C)CC2)s1. The molecule has 2 heterocycles. The third-order valence-corrected chi connectivity index (χ3v) is 5.18. The second-order valence-corrected chi connectivity index (χ2v) is 7.34. The van der Waals surface area contributed by atoms with Crippen LogP contribution >= 0.6 is 11.3 Å². The molecule has 1 fully saturated rings. The molecule has 0 saturated carbocycles. The van der Waals surface area contributed by atoms with Crippen molar-refractivity contribution in [3.63, 3.8) is 0 Å². The second kappa shape index (κ2) is 7.27. The van der Waals surface area contributed by atoms with Crippen LogP contribution in [0.2, 0.25) is 0 Å². The van der Waals surface area contributed by atoms with E-state index in [1.54, 1.807) is 0 Å². The predicted octanol–water partition coefficient (Wildman–Crippen LogP) is 2.22. The molecule has 128 valence electrons. The number of amides is 1. The summed E-state index contributed by atoms with van der Waals surface area (Å²) in [5.74, 6) is -0.0219. The van der Waals surface area contributed by atoms with Crippen molar-refractivity contribution in [3.8, 4) is 0 Å². The Morgan fingerprint density at radius 3 is 2.58 bits per heavy atom. The van der Waals surface area contributed by atoms with Crippen LogP contribution in [0.5, 0.6) is 0 Å². The number of hydrogen-bond donors (Lipinski definition) is 1. The van der Waals surface area contributed by atoms with Gasteiger partial charge >= 0.3 is 0 Å². The number of aromatic nitrogens is 2. The minimum Gasteiger partial charge on any atom is -0.369 e. The first-order chi connectivity index (χ1) is 11.5. The fraction of sp³-hybridized carbons (Fsp3) is 0.471. The number of carbonyl (C=O) groups is 1. The lowest BCUT2D eigenvalue weighted by Crippen LogP contribution is -2.48. The molecule has 1 amide bonds. The molecule has 0 bridgehead atoms. The van der Waals surface area contributed by atoms with E-state index in [0.717, 1.165) is 31.2 Å². The summed E-state index contributed by atoms with van der Waals surface area (Å²) in [6, 6.07) is 6.44. The Kier molecular flexibility index (Phi) is 5.11. The zero-order valence-corrected chi connectivity index (χ0v) is 15.2. The minimum atomic E-state index is -0.0219. The molecule has 1 aliphatic heterocycles. The quantitative estimate of drug-likeness (QED) is 0.921. The number of rotatable bonds is 4. The van der Waals surface area contributed by atoms with E-state index in [1.165, 1.54) is 28.2 Å². The van der Waals surface area contributed by atoms with Gasteiger partial charge in [-0.2, -0.15) is 0 Å². The number of nitrogens with zero attached hydrogens (tertiary/aromatic N) is 4. The van der Waals surface area contributed by atoms with Crippen molar-refractivity contribution in [3.05, 3.63) is 34.3 Å². The van der Waals surface area contributed by atoms with Crippen molar-refractivity contribution in [2.75, 3.05) is 42.9 Å². The first kappa shape index (κ1) is 16.9. The zero-order chi connectivity index (χ0) is 17.1. The van der Waals surface area contributed by atoms with E-state index >= 15 is 0 Å². The van der Waals surface area contributed by atoms with E-state index in [4.69, 9.17) is 0 Å². The number of benzene rings is 1. The fourth-order valence-corrected chi connectivity index (χ4v) is 3.54. The third-order valence-electron chi connectivity index (χ3n) is 4.43. The first-order valence-electron chi connectivity index (χ1n) is 8.16. The molecular weight excluding hydrogens is 322 g/mol. The molecule has 24 heavy (non-hydrogen) atoms. The summed E-state index contributed by atoms with van der Waals surface area (Å²) in [4.78, 5) is 16.7. The summed E-state index contributed by atoms with van der Waals surface area (Å²) in [5.41, 5.74) is 3.97. The molecule has 1 saturated heterocycles. The van der Waals surface area contributed by atoms with Crippen LogP contribution in [-0.2, 0) is 4.79 Å². The topological polar surface area (TPSA) is 61.4 Å². The Hall–Kier alpha value is -1.99. The average Bonchev–Trinajstić information content (AvgIpc) is 2.96. The summed E-state index contributed by atoms with van der Waals surface area (Å²) in [5, 5.41) is 12.1. The zero-order valence-electron chi connectivity index (χ0n) is 14.4. The molecule has 7 heteroatoms. The standard InChI is InChI=1S/C17H23N5OS/c1-12-5-4-6-15(13(12)2)22-9-7-21(8-10-22)11-16(23)18-17-20-19-14(3)24-17/h4-6H,7-11H2,1-3H3,(H,18,20,23). The lowest BCUT2D eigenvalue weighted by Gasteiger charge is -2.36. The van der Waals surface area contributed by atoms with Crippen LogP contribution < -0.4 is 10.2 Å². The average molecular weight is 345 g/mol. The van der Waals surface area contributed by atoms with Crippen LogP contribution in [0.25, 0.3) is 0 Å². The number of anilines is 2. The van der Waals surface area contributed by atoms with E-state index in [9.17, 15) is 4.79 Å². The Labute approximate surface area is 146 Å². The Morgan fingerprint density at radius 1 is 1.17 bits per heavy atom. The Morgan fingerprint density at radius 2 is 1.92 bits per heavy atom. The number of carbonyl (C=O) groups excluding carboxylic acids is 1. The first-order valence-corrected chi connectivity index (χ1v) is 8.98. The van der Waals surface area contributed by atoms with E-state index in [1.807, 2.05) is 6.92 Å². The lowest BCUT2D eigenvalue weighted by molar-refractivity contribution is -0.117. The van der Waals surface area contributed by atoms with Gasteiger partial charge in [-0.25, -0.2) is 0 Å². The molecule has 0 radical (unpaired) electrons. The van der Waals surface area contributed by atoms with Crippen LogP contribution in [0, 0.1) is 20.8 Å². The van der Waals surface area contributed by atoms with Crippen molar-refractivity contribution in [2.24, 2.45) is 0 Å². The maximum absolute atomic E-state index is 12.1. The van der Waals surface area contributed by atoms with Crippen molar-refractivity contribution in [1.82, 2.24) is 15.1 Å². The normalized spacial score (nSPS) is 15.5. The van der Waals surface area contributed by atoms with Gasteiger partial charge in [-0.1, -0.05) is 23.5 Å². The van der Waals surface area contributed by atoms with E-state index < -0.39 is 0 Å². The van der Waals surface area contributed by atoms with Crippen molar-refractivity contribution < 1.29 is 4.79 Å². The summed E-state index contributed by atoms with van der Waals surface area (Å²) >= 11 is 1.40. The van der Waals surface area contributed by atoms with Gasteiger partial charge in [-0.3, -0.25) is 15.0 Å². The highest BCUT2D eigenvalue weighted by atomic mass is 32.1. The molecule has 0 aliphatic carbocycles. The molecule has 1 aromatic heterocycles. The summed E-state index contributed by atoms with van der Waals surface area (Å²) in [6.45, 7) is 10.2. The maximum Gasteiger partial charge on any atom is 0.240 e. The largest absolute Gasteiger partial charge is 0.369 e. The van der Waals surface area contributed by atoms with E-state index in [0.29, 0.717) is 11.7 Å². The molecule has 1 aliphatic rings. The molecule has 3 rings (SSSR count). The Balaban J connectivity index is 1.51. The molecule has 0 atom stereocenters. The van der Waals surface area contributed by atoms with Crippen LogP contribution in [0.3, 0.4) is 0 Å². The summed E-state index contributed by atoms with van der Waals surface area (Å²) in [7, 11) is 0. The predicted molar refractivity (Wildman–Crippen MR) is 97.8 cm³/mol. The number of aryl methyl sites for hydroxylation is 2. The van der Waals surface area contributed by atoms with Gasteiger partial charge in [0.1, 0.15) is 5.01 Å². The molecule has 1 aromatic carbocycles. The van der Waals surface area contributed by atoms with Crippen LogP contribution in [-0.4, -0.2) is 53.7 Å². The number of piperazine rings is 1. The third kappa shape index (κ3) is 3.91. The van der Waals surface area contributed by atoms with Crippen LogP contribution in [0.4, 0.5) is 10.8 Å². The number of hydrogen-bond acceptors (Lipinski definition) is 6. The molecular formula is C17H23N5OS. The van der Waals surface area contributed by atoms with Gasteiger partial charge in [0, 0.05) is 31.9 Å². The minimum absolute atomic E-state index is 0.0219. The highest BCUT2D eigenvalue weighted by molar-refractivity contribution is 7.15. The van der Waals surface area contributed by atoms with Crippen LogP contribution in [0.1, 0.15) is 16.1 Å². The summed E-state index contributed by atoms with van der Waals surface area (Å²) in [6.07, 6.45) is 0. The van der Waals surface area contributed by atoms with Crippen molar-refractivity contribution in [2.45, 2.75) is 20.8 Å². The van der Waals surface area contributed by atoms with Gasteiger partial charge < -0.3 is 4.90 Å². The van der Waals surface area contributed by atoms with Gasteiger partial charge in [0.2, 0.25) is 11.0 Å². The van der Waals surface area contributed by atoms with Crippen molar-refractivity contribution in [1.29, 1.82) is 0 Å². The molecule has 2 aromatic rings. The monoisotopic (exact) mass is 345 g/mol. The van der Waals surface area contributed by atoms with E-state index in [-0.39, 0.29) is 5.91 Å². The van der Waals surface area contributed by atoms with Gasteiger partial charge in [-0.15, -0.1) is 10.2 Å². The highest BCUT2D eigenvalue weighted by Gasteiger charge is 2.20. The van der Waals surface area contributed by atoms with Gasteiger partial charge in [0.25, 0.3) is 0 Å². The molecule has 0 spiro atoms. The molecule has 0 unspecified atom stereocenters. The van der Waals surface area contributed by atoms with E-state index in [2.05, 4.69) is 57.4 Å². The number of nitrogens with one attached hydrogen (secondary N) is 1. The van der Waals surface area contributed by atoms with Crippen molar-refractivity contribution >= 4 is 28.1 Å². The maximum atomic E-state index is 12.1. The van der Waals surface area contributed by atoms with Gasteiger partial charge in [-0.05, 0) is 38.0 Å². The highest BCUT2D eigenvalue weighted by Crippen LogP contribution is 2.23. The van der Waals surface area contributed by atoms with Gasteiger partial charge in [0.15, 0.2) is 0 Å². The Bertz CT molecular complexity index is 722. The molecule has 6 nitrogen and oxygen atoms in total. The van der Waals surface area contributed by atoms with Gasteiger partial charge in [0.05, 0.1) is 6.54 Å². The fourth-order valence-electron chi connectivity index (χ4n) is 2.93. The summed E-state index contributed by atoms with van der Waals surface area (Å²) < 4.78 is 0. The molecule has 1 N–H and O–H groups in total. The smallest absolute Gasteiger partial charge is 0.240 e. The van der Waals surface area contributed by atoms with Crippen LogP contribution in [0.15, 0.2) is 18.2 Å². The second-order valence-electron chi connectivity index (χ2n) is 6.16.